The number of rotatable bonds is 4. The van der Waals surface area contributed by atoms with Gasteiger partial charge in [-0.05, 0) is 41.3 Å². The second-order valence-electron chi connectivity index (χ2n) is 6.46. The monoisotopic (exact) mass is 389 g/mol. The van der Waals surface area contributed by atoms with E-state index in [4.69, 9.17) is 4.74 Å². The standard InChI is InChI=1S/C19H20BrNO3/c1-19(2,3)14-9-7-13(8-10-14)18(23)24-12-17(22)21-16-6-4-5-15(20)11-16/h4-11H,12H2,1-3H3,(H,21,22). The molecule has 0 aliphatic heterocycles. The number of ether oxygens (including phenoxy) is 1. The van der Waals surface area contributed by atoms with Crippen LogP contribution in [0, 0.1) is 0 Å². The number of carbonyl (C=O) groups excluding carboxylic acids is 2. The van der Waals surface area contributed by atoms with Crippen molar-refractivity contribution in [3.63, 3.8) is 0 Å². The zero-order valence-corrected chi connectivity index (χ0v) is 15.5. The van der Waals surface area contributed by atoms with Gasteiger partial charge < -0.3 is 10.1 Å². The maximum absolute atomic E-state index is 12.0. The average molecular weight is 390 g/mol. The van der Waals surface area contributed by atoms with Crippen LogP contribution in [0.2, 0.25) is 0 Å². The van der Waals surface area contributed by atoms with Gasteiger partial charge in [0.05, 0.1) is 5.56 Å². The van der Waals surface area contributed by atoms with Crippen LogP contribution in [0.4, 0.5) is 5.69 Å². The molecule has 0 unspecified atom stereocenters. The lowest BCUT2D eigenvalue weighted by atomic mass is 9.87. The summed E-state index contributed by atoms with van der Waals surface area (Å²) in [6.45, 7) is 5.98. The third-order valence-electron chi connectivity index (χ3n) is 3.43. The van der Waals surface area contributed by atoms with E-state index in [-0.39, 0.29) is 17.9 Å². The Balaban J connectivity index is 1.89. The van der Waals surface area contributed by atoms with Crippen LogP contribution >= 0.6 is 15.9 Å². The number of hydrogen-bond donors (Lipinski definition) is 1. The average Bonchev–Trinajstić information content (AvgIpc) is 2.52. The molecule has 1 amide bonds. The molecule has 0 fully saturated rings. The Bertz CT molecular complexity index is 733. The largest absolute Gasteiger partial charge is 0.452 e. The number of halogens is 1. The Morgan fingerprint density at radius 3 is 2.33 bits per heavy atom. The Hall–Kier alpha value is -2.14. The van der Waals surface area contributed by atoms with Gasteiger partial charge in [0.1, 0.15) is 0 Å². The van der Waals surface area contributed by atoms with Crippen LogP contribution in [-0.4, -0.2) is 18.5 Å². The maximum Gasteiger partial charge on any atom is 0.338 e. The van der Waals surface area contributed by atoms with Crippen LogP contribution in [0.1, 0.15) is 36.7 Å². The van der Waals surface area contributed by atoms with Gasteiger partial charge in [0.25, 0.3) is 5.91 Å². The maximum atomic E-state index is 12.0. The van der Waals surface area contributed by atoms with Crippen LogP contribution < -0.4 is 5.32 Å². The molecule has 0 heterocycles. The molecule has 2 aromatic carbocycles. The molecule has 1 N–H and O–H groups in total. The minimum absolute atomic E-state index is 0.0201. The molecule has 0 spiro atoms. The van der Waals surface area contributed by atoms with Crippen molar-refractivity contribution >= 4 is 33.5 Å². The fourth-order valence-corrected chi connectivity index (χ4v) is 2.48. The number of carbonyl (C=O) groups is 2. The van der Waals surface area contributed by atoms with Crippen LogP contribution in [0.3, 0.4) is 0 Å². The number of esters is 1. The third-order valence-corrected chi connectivity index (χ3v) is 3.92. The van der Waals surface area contributed by atoms with Crippen molar-refractivity contribution in [2.45, 2.75) is 26.2 Å². The van der Waals surface area contributed by atoms with Gasteiger partial charge in [-0.2, -0.15) is 0 Å². The van der Waals surface area contributed by atoms with Crippen LogP contribution in [0.15, 0.2) is 53.0 Å². The zero-order chi connectivity index (χ0) is 17.7. The van der Waals surface area contributed by atoms with Crippen molar-refractivity contribution in [2.75, 3.05) is 11.9 Å². The molecule has 2 rings (SSSR count). The Morgan fingerprint density at radius 2 is 1.75 bits per heavy atom. The Kier molecular flexibility index (Phi) is 5.78. The van der Waals surface area contributed by atoms with E-state index in [2.05, 4.69) is 42.0 Å². The van der Waals surface area contributed by atoms with Crippen molar-refractivity contribution < 1.29 is 14.3 Å². The molecule has 126 valence electrons. The van der Waals surface area contributed by atoms with Crippen LogP contribution in [0.25, 0.3) is 0 Å². The van der Waals surface area contributed by atoms with Crippen LogP contribution in [0.5, 0.6) is 0 Å². The summed E-state index contributed by atoms with van der Waals surface area (Å²) < 4.78 is 5.91. The second kappa shape index (κ2) is 7.62. The van der Waals surface area contributed by atoms with Gasteiger partial charge in [-0.3, -0.25) is 4.79 Å². The number of benzene rings is 2. The first-order valence-electron chi connectivity index (χ1n) is 7.59. The zero-order valence-electron chi connectivity index (χ0n) is 13.9. The molecule has 4 nitrogen and oxygen atoms in total. The highest BCUT2D eigenvalue weighted by Gasteiger charge is 2.15. The van der Waals surface area contributed by atoms with E-state index >= 15 is 0 Å². The molecule has 0 saturated heterocycles. The smallest absolute Gasteiger partial charge is 0.338 e. The lowest BCUT2D eigenvalue weighted by molar-refractivity contribution is -0.119. The number of hydrogen-bond acceptors (Lipinski definition) is 3. The van der Waals surface area contributed by atoms with Crippen molar-refractivity contribution in [3.05, 3.63) is 64.1 Å². The molecular formula is C19H20BrNO3. The summed E-state index contributed by atoms with van der Waals surface area (Å²) in [5.74, 6) is -0.896. The van der Waals surface area contributed by atoms with Gasteiger partial charge in [-0.25, -0.2) is 4.79 Å². The van der Waals surface area contributed by atoms with Crippen LogP contribution in [-0.2, 0) is 14.9 Å². The molecule has 5 heteroatoms. The predicted molar refractivity (Wildman–Crippen MR) is 98.2 cm³/mol. The summed E-state index contributed by atoms with van der Waals surface area (Å²) in [5.41, 5.74) is 2.22. The summed E-state index contributed by atoms with van der Waals surface area (Å²) in [7, 11) is 0. The van der Waals surface area contributed by atoms with Gasteiger partial charge in [0.15, 0.2) is 6.61 Å². The quantitative estimate of drug-likeness (QED) is 0.780. The molecule has 0 aromatic heterocycles. The summed E-state index contributed by atoms with van der Waals surface area (Å²) in [6, 6.07) is 14.4. The SMILES string of the molecule is CC(C)(C)c1ccc(C(=O)OCC(=O)Nc2cccc(Br)c2)cc1. The summed E-state index contributed by atoms with van der Waals surface area (Å²) in [6.07, 6.45) is 0. The van der Waals surface area contributed by atoms with Gasteiger partial charge in [0, 0.05) is 10.2 Å². The topological polar surface area (TPSA) is 55.4 Å². The molecule has 0 aliphatic rings. The highest BCUT2D eigenvalue weighted by Crippen LogP contribution is 2.22. The fraction of sp³-hybridized carbons (Fsp3) is 0.263. The first-order chi connectivity index (χ1) is 11.3. The molecule has 0 bridgehead atoms. The van der Waals surface area contributed by atoms with E-state index in [1.54, 1.807) is 24.3 Å². The third kappa shape index (κ3) is 5.20. The van der Waals surface area contributed by atoms with Crippen molar-refractivity contribution in [1.29, 1.82) is 0 Å². The number of nitrogens with one attached hydrogen (secondary N) is 1. The Labute approximate surface area is 150 Å². The predicted octanol–water partition coefficient (Wildman–Crippen LogP) is 4.54. The summed E-state index contributed by atoms with van der Waals surface area (Å²) in [4.78, 5) is 23.8. The van der Waals surface area contributed by atoms with E-state index in [1.165, 1.54) is 0 Å². The van der Waals surface area contributed by atoms with Gasteiger partial charge in [-0.1, -0.05) is 54.9 Å². The van der Waals surface area contributed by atoms with Crippen molar-refractivity contribution in [1.82, 2.24) is 0 Å². The molecule has 24 heavy (non-hydrogen) atoms. The van der Waals surface area contributed by atoms with Crippen molar-refractivity contribution in [2.24, 2.45) is 0 Å². The molecule has 0 radical (unpaired) electrons. The normalized spacial score (nSPS) is 11.0. The van der Waals surface area contributed by atoms with E-state index in [0.717, 1.165) is 10.0 Å². The molecule has 0 aliphatic carbocycles. The highest BCUT2D eigenvalue weighted by atomic mass is 79.9. The molecular weight excluding hydrogens is 370 g/mol. The lowest BCUT2D eigenvalue weighted by Gasteiger charge is -2.18. The lowest BCUT2D eigenvalue weighted by Crippen LogP contribution is -2.21. The number of amides is 1. The summed E-state index contributed by atoms with van der Waals surface area (Å²) in [5, 5.41) is 2.67. The summed E-state index contributed by atoms with van der Waals surface area (Å²) >= 11 is 3.33. The minimum atomic E-state index is -0.514. The minimum Gasteiger partial charge on any atom is -0.452 e. The van der Waals surface area contributed by atoms with Gasteiger partial charge >= 0.3 is 5.97 Å². The van der Waals surface area contributed by atoms with E-state index in [1.807, 2.05) is 24.3 Å². The Morgan fingerprint density at radius 1 is 1.08 bits per heavy atom. The van der Waals surface area contributed by atoms with Gasteiger partial charge in [-0.15, -0.1) is 0 Å². The van der Waals surface area contributed by atoms with E-state index < -0.39 is 5.97 Å². The highest BCUT2D eigenvalue weighted by molar-refractivity contribution is 9.10. The fourth-order valence-electron chi connectivity index (χ4n) is 2.08. The second-order valence-corrected chi connectivity index (χ2v) is 7.38. The first kappa shape index (κ1) is 18.2. The molecule has 0 saturated carbocycles. The van der Waals surface area contributed by atoms with Crippen molar-refractivity contribution in [3.8, 4) is 0 Å². The molecule has 2 aromatic rings. The molecule has 0 atom stereocenters. The first-order valence-corrected chi connectivity index (χ1v) is 8.38. The van der Waals surface area contributed by atoms with E-state index in [0.29, 0.717) is 11.3 Å². The number of anilines is 1. The van der Waals surface area contributed by atoms with Gasteiger partial charge in [0.2, 0.25) is 0 Å². The van der Waals surface area contributed by atoms with E-state index in [9.17, 15) is 9.59 Å².